The van der Waals surface area contributed by atoms with Gasteiger partial charge >= 0.3 is 6.16 Å². The molecule has 2 saturated carbocycles. The predicted molar refractivity (Wildman–Crippen MR) is 125 cm³/mol. The van der Waals surface area contributed by atoms with Gasteiger partial charge in [0, 0.05) is 0 Å². The maximum absolute atomic E-state index is 11.2. The normalized spacial score (nSPS) is 26.9. The van der Waals surface area contributed by atoms with Crippen LogP contribution in [0, 0.1) is 23.2 Å². The molecule has 29 heavy (non-hydrogen) atoms. The molecule has 0 heterocycles. The van der Waals surface area contributed by atoms with Crippen LogP contribution in [0.25, 0.3) is 0 Å². The molecule has 0 aromatic heterocycles. The number of unbranched alkanes of at least 4 members (excludes halogenated alkanes) is 2. The molecule has 0 aromatic rings. The highest BCUT2D eigenvalue weighted by atomic mass is 16.7. The van der Waals surface area contributed by atoms with Crippen molar-refractivity contribution in [2.75, 3.05) is 7.11 Å². The van der Waals surface area contributed by atoms with Gasteiger partial charge in [-0.05, 0) is 61.7 Å². The van der Waals surface area contributed by atoms with Crippen molar-refractivity contribution in [3.63, 3.8) is 0 Å². The molecule has 174 valence electrons. The maximum Gasteiger partial charge on any atom is 0.508 e. The smallest absolute Gasteiger partial charge is 0.438 e. The number of hydrogen-bond acceptors (Lipinski definition) is 3. The van der Waals surface area contributed by atoms with Crippen molar-refractivity contribution in [3.8, 4) is 0 Å². The van der Waals surface area contributed by atoms with Crippen LogP contribution < -0.4 is 0 Å². The molecule has 0 unspecified atom stereocenters. The van der Waals surface area contributed by atoms with Crippen LogP contribution in [-0.2, 0) is 9.47 Å². The second-order valence-corrected chi connectivity index (χ2v) is 9.82. The van der Waals surface area contributed by atoms with E-state index in [1.807, 2.05) is 0 Å². The molecule has 0 saturated heterocycles. The molecular formula is C26H52O3. The van der Waals surface area contributed by atoms with Crippen LogP contribution in [0.4, 0.5) is 4.79 Å². The number of methoxy groups -OCH3 is 1. The summed E-state index contributed by atoms with van der Waals surface area (Å²) in [5, 5.41) is 0. The van der Waals surface area contributed by atoms with Crippen LogP contribution in [0.1, 0.15) is 126 Å². The van der Waals surface area contributed by atoms with Gasteiger partial charge in [0.1, 0.15) is 6.10 Å². The van der Waals surface area contributed by atoms with E-state index in [4.69, 9.17) is 4.74 Å². The van der Waals surface area contributed by atoms with Crippen LogP contribution >= 0.6 is 0 Å². The molecule has 3 heteroatoms. The lowest BCUT2D eigenvalue weighted by molar-refractivity contribution is -0.0110. The molecule has 2 aliphatic rings. The molecule has 2 aliphatic carbocycles. The highest BCUT2D eigenvalue weighted by molar-refractivity contribution is 5.59. The van der Waals surface area contributed by atoms with Gasteiger partial charge in [-0.2, -0.15) is 0 Å². The van der Waals surface area contributed by atoms with E-state index < -0.39 is 6.16 Å². The minimum Gasteiger partial charge on any atom is -0.438 e. The first-order chi connectivity index (χ1) is 13.8. The summed E-state index contributed by atoms with van der Waals surface area (Å²) in [7, 11) is 1.38. The second kappa shape index (κ2) is 16.0. The lowest BCUT2D eigenvalue weighted by Crippen LogP contribution is -2.38. The fraction of sp³-hybridized carbons (Fsp3) is 0.962. The molecule has 2 rings (SSSR count). The minimum absolute atomic E-state index is 0.0656. The van der Waals surface area contributed by atoms with Gasteiger partial charge < -0.3 is 9.47 Å². The van der Waals surface area contributed by atoms with E-state index >= 15 is 0 Å². The summed E-state index contributed by atoms with van der Waals surface area (Å²) in [6, 6.07) is 0. The van der Waals surface area contributed by atoms with Crippen molar-refractivity contribution in [3.05, 3.63) is 0 Å². The van der Waals surface area contributed by atoms with E-state index in [9.17, 15) is 4.79 Å². The standard InChI is InChI=1S/C18H32O3.2C4H10/c1-13-5-7-14(8-6-13)18(2,3)15-9-11-16(12-10-15)21-17(19)20-4;2*1-3-4-2/h13-16H,5-12H2,1-4H3;2*3-4H2,1-2H3. The summed E-state index contributed by atoms with van der Waals surface area (Å²) in [4.78, 5) is 11.2. The molecule has 0 amide bonds. The van der Waals surface area contributed by atoms with Gasteiger partial charge in [0.25, 0.3) is 0 Å². The third-order valence-corrected chi connectivity index (χ3v) is 7.22. The zero-order valence-corrected chi connectivity index (χ0v) is 21.0. The molecular weight excluding hydrogens is 360 g/mol. The fourth-order valence-corrected chi connectivity index (χ4v) is 4.45. The average Bonchev–Trinajstić information content (AvgIpc) is 2.74. The third-order valence-electron chi connectivity index (χ3n) is 7.22. The van der Waals surface area contributed by atoms with Crippen LogP contribution in [0.5, 0.6) is 0 Å². The van der Waals surface area contributed by atoms with Gasteiger partial charge in [-0.15, -0.1) is 0 Å². The van der Waals surface area contributed by atoms with Gasteiger partial charge in [0.2, 0.25) is 0 Å². The highest BCUT2D eigenvalue weighted by Gasteiger charge is 2.40. The quantitative estimate of drug-likeness (QED) is 0.423. The minimum atomic E-state index is -0.529. The van der Waals surface area contributed by atoms with Gasteiger partial charge in [0.05, 0.1) is 7.11 Å². The summed E-state index contributed by atoms with van der Waals surface area (Å²) in [5.41, 5.74) is 0.427. The van der Waals surface area contributed by atoms with E-state index in [-0.39, 0.29) is 6.10 Å². The Labute approximate surface area is 182 Å². The second-order valence-electron chi connectivity index (χ2n) is 9.82. The Morgan fingerprint density at radius 2 is 1.14 bits per heavy atom. The largest absolute Gasteiger partial charge is 0.508 e. The first-order valence-corrected chi connectivity index (χ1v) is 12.5. The van der Waals surface area contributed by atoms with E-state index in [0.717, 1.165) is 30.6 Å². The van der Waals surface area contributed by atoms with Gasteiger partial charge in [0.15, 0.2) is 0 Å². The summed E-state index contributed by atoms with van der Waals surface area (Å²) in [5.74, 6) is 2.56. The Bertz CT molecular complexity index is 381. The molecule has 0 aromatic carbocycles. The molecule has 2 fully saturated rings. The Kier molecular flexibility index (Phi) is 15.6. The molecule has 3 nitrogen and oxygen atoms in total. The van der Waals surface area contributed by atoms with E-state index in [2.05, 4.69) is 53.2 Å². The Hall–Kier alpha value is -0.730. The monoisotopic (exact) mass is 412 g/mol. The third kappa shape index (κ3) is 11.3. The zero-order chi connectivity index (χ0) is 22.3. The van der Waals surface area contributed by atoms with Crippen molar-refractivity contribution in [1.29, 1.82) is 0 Å². The van der Waals surface area contributed by atoms with Crippen molar-refractivity contribution >= 4 is 6.16 Å². The van der Waals surface area contributed by atoms with E-state index in [0.29, 0.717) is 5.41 Å². The SMILES string of the molecule is CCCC.CCCC.COC(=O)OC1CCC(C(C)(C)C2CCC(C)CC2)CC1. The van der Waals surface area contributed by atoms with Gasteiger partial charge in [-0.25, -0.2) is 4.79 Å². The summed E-state index contributed by atoms with van der Waals surface area (Å²) < 4.78 is 9.89. The number of hydrogen-bond donors (Lipinski definition) is 0. The first-order valence-electron chi connectivity index (χ1n) is 12.5. The van der Waals surface area contributed by atoms with Gasteiger partial charge in [-0.1, -0.05) is 87.0 Å². The Morgan fingerprint density at radius 3 is 1.48 bits per heavy atom. The topological polar surface area (TPSA) is 35.5 Å². The van der Waals surface area contributed by atoms with Gasteiger partial charge in [-0.3, -0.25) is 0 Å². The summed E-state index contributed by atoms with van der Waals surface area (Å²) in [6.45, 7) is 16.1. The molecule has 0 atom stereocenters. The Morgan fingerprint density at radius 1 is 0.759 bits per heavy atom. The Balaban J connectivity index is 0.000000837. The zero-order valence-electron chi connectivity index (χ0n) is 21.0. The average molecular weight is 413 g/mol. The van der Waals surface area contributed by atoms with Crippen molar-refractivity contribution in [2.45, 2.75) is 132 Å². The molecule has 0 bridgehead atoms. The van der Waals surface area contributed by atoms with Crippen molar-refractivity contribution in [2.24, 2.45) is 23.2 Å². The van der Waals surface area contributed by atoms with Crippen LogP contribution in [0.2, 0.25) is 0 Å². The number of carbonyl (C=O) groups is 1. The predicted octanol–water partition coefficient (Wildman–Crippen LogP) is 8.79. The molecule has 0 N–H and O–H groups in total. The molecule has 0 radical (unpaired) electrons. The number of rotatable bonds is 5. The summed E-state index contributed by atoms with van der Waals surface area (Å²) in [6.07, 6.45) is 14.7. The fourth-order valence-electron chi connectivity index (χ4n) is 4.45. The van der Waals surface area contributed by atoms with Crippen LogP contribution in [0.3, 0.4) is 0 Å². The molecule has 0 spiro atoms. The van der Waals surface area contributed by atoms with Crippen molar-refractivity contribution < 1.29 is 14.3 Å². The lowest BCUT2D eigenvalue weighted by atomic mass is 9.60. The summed E-state index contributed by atoms with van der Waals surface area (Å²) >= 11 is 0. The van der Waals surface area contributed by atoms with Crippen LogP contribution in [0.15, 0.2) is 0 Å². The number of ether oxygens (including phenoxy) is 2. The van der Waals surface area contributed by atoms with E-state index in [1.54, 1.807) is 0 Å². The van der Waals surface area contributed by atoms with E-state index in [1.165, 1.54) is 71.3 Å². The lowest BCUT2D eigenvalue weighted by Gasteiger charge is -2.46. The van der Waals surface area contributed by atoms with Crippen molar-refractivity contribution in [1.82, 2.24) is 0 Å². The first kappa shape index (κ1) is 28.3. The molecule has 0 aliphatic heterocycles. The number of carbonyl (C=O) groups excluding carboxylic acids is 1. The van der Waals surface area contributed by atoms with Crippen LogP contribution in [-0.4, -0.2) is 19.4 Å². The maximum atomic E-state index is 11.2. The highest BCUT2D eigenvalue weighted by Crippen LogP contribution is 2.49.